The Morgan fingerprint density at radius 2 is 2.27 bits per heavy atom. The van der Waals surface area contributed by atoms with Crippen molar-refractivity contribution in [1.82, 2.24) is 5.32 Å². The molecule has 2 aromatic rings. The van der Waals surface area contributed by atoms with Gasteiger partial charge >= 0.3 is 0 Å². The van der Waals surface area contributed by atoms with Crippen molar-refractivity contribution < 1.29 is 18.7 Å². The molecule has 1 aromatic heterocycles. The van der Waals surface area contributed by atoms with E-state index in [1.807, 2.05) is 24.3 Å². The van der Waals surface area contributed by atoms with Gasteiger partial charge in [0.15, 0.2) is 5.76 Å². The van der Waals surface area contributed by atoms with Crippen molar-refractivity contribution in [3.05, 3.63) is 36.1 Å². The lowest BCUT2D eigenvalue weighted by Gasteiger charge is -2.47. The van der Waals surface area contributed by atoms with Crippen LogP contribution in [0.4, 0.5) is 0 Å². The molecular formula is C17H19NO4. The van der Waals surface area contributed by atoms with Gasteiger partial charge in [0.25, 0.3) is 5.91 Å². The summed E-state index contributed by atoms with van der Waals surface area (Å²) < 4.78 is 16.6. The highest BCUT2D eigenvalue weighted by molar-refractivity contribution is 5.96. The molecular weight excluding hydrogens is 282 g/mol. The van der Waals surface area contributed by atoms with Gasteiger partial charge in [-0.3, -0.25) is 4.79 Å². The summed E-state index contributed by atoms with van der Waals surface area (Å²) in [6.07, 6.45) is 1.22. The first kappa shape index (κ1) is 13.8. The molecule has 2 heterocycles. The van der Waals surface area contributed by atoms with Crippen LogP contribution in [-0.4, -0.2) is 38.4 Å². The van der Waals surface area contributed by atoms with Gasteiger partial charge in [0, 0.05) is 37.0 Å². The highest BCUT2D eigenvalue weighted by Gasteiger charge is 2.54. The van der Waals surface area contributed by atoms with E-state index in [1.54, 1.807) is 13.2 Å². The van der Waals surface area contributed by atoms with Crippen LogP contribution in [-0.2, 0) is 9.47 Å². The number of amides is 1. The van der Waals surface area contributed by atoms with Gasteiger partial charge in [0.05, 0.1) is 12.7 Å². The van der Waals surface area contributed by atoms with Gasteiger partial charge in [-0.05, 0) is 18.6 Å². The maximum atomic E-state index is 12.5. The molecule has 1 aliphatic heterocycles. The van der Waals surface area contributed by atoms with E-state index in [2.05, 4.69) is 5.32 Å². The zero-order valence-corrected chi connectivity index (χ0v) is 12.5. The summed E-state index contributed by atoms with van der Waals surface area (Å²) in [4.78, 5) is 12.5. The summed E-state index contributed by atoms with van der Waals surface area (Å²) in [7, 11) is 1.68. The third-order valence-electron chi connectivity index (χ3n) is 4.83. The Bertz CT molecular complexity index is 662. The highest BCUT2D eigenvalue weighted by atomic mass is 16.5. The molecule has 2 fully saturated rings. The molecule has 4 rings (SSSR count). The Balaban J connectivity index is 1.51. The van der Waals surface area contributed by atoms with Crippen molar-refractivity contribution in [1.29, 1.82) is 0 Å². The number of ether oxygens (including phenoxy) is 2. The van der Waals surface area contributed by atoms with E-state index in [4.69, 9.17) is 13.9 Å². The first-order valence-corrected chi connectivity index (χ1v) is 7.68. The molecule has 116 valence electrons. The fraction of sp³-hybridized carbons (Fsp3) is 0.471. The zero-order chi connectivity index (χ0) is 15.1. The molecule has 1 N–H and O–H groups in total. The minimum absolute atomic E-state index is 0.105. The second kappa shape index (κ2) is 5.41. The maximum Gasteiger partial charge on any atom is 0.287 e. The predicted molar refractivity (Wildman–Crippen MR) is 80.7 cm³/mol. The summed E-state index contributed by atoms with van der Waals surface area (Å²) in [6, 6.07) is 9.53. The average molecular weight is 301 g/mol. The molecule has 5 nitrogen and oxygen atoms in total. The standard InChI is InChI=1S/C17H19NO4/c1-20-9-12-15(11-6-7-21-16(11)12)18-17(19)14-8-10-4-2-3-5-13(10)22-14/h2-5,8,11-12,15-16H,6-7,9H2,1H3,(H,18,19)/t11-,12+,15+,16-/m1/s1. The molecule has 1 aromatic carbocycles. The number of rotatable bonds is 4. The number of hydrogen-bond acceptors (Lipinski definition) is 4. The number of carbonyl (C=O) groups excluding carboxylic acids is 1. The van der Waals surface area contributed by atoms with Crippen molar-refractivity contribution in [2.75, 3.05) is 20.3 Å². The van der Waals surface area contributed by atoms with Crippen LogP contribution in [0.3, 0.4) is 0 Å². The Kier molecular flexibility index (Phi) is 3.39. The van der Waals surface area contributed by atoms with Gasteiger partial charge in [-0.2, -0.15) is 0 Å². The first-order chi connectivity index (χ1) is 10.8. The molecule has 0 unspecified atom stereocenters. The molecule has 1 amide bonds. The first-order valence-electron chi connectivity index (χ1n) is 7.68. The highest BCUT2D eigenvalue weighted by Crippen LogP contribution is 2.43. The number of carbonyl (C=O) groups is 1. The molecule has 1 aliphatic carbocycles. The number of hydrogen-bond donors (Lipinski definition) is 1. The Morgan fingerprint density at radius 3 is 3.09 bits per heavy atom. The smallest absolute Gasteiger partial charge is 0.287 e. The van der Waals surface area contributed by atoms with E-state index in [0.717, 1.165) is 24.0 Å². The largest absolute Gasteiger partial charge is 0.451 e. The van der Waals surface area contributed by atoms with E-state index in [0.29, 0.717) is 18.3 Å². The van der Waals surface area contributed by atoms with Gasteiger partial charge in [-0.1, -0.05) is 18.2 Å². The van der Waals surface area contributed by atoms with E-state index >= 15 is 0 Å². The number of nitrogens with one attached hydrogen (secondary N) is 1. The minimum atomic E-state index is -0.160. The van der Waals surface area contributed by atoms with Crippen LogP contribution in [0.1, 0.15) is 17.0 Å². The minimum Gasteiger partial charge on any atom is -0.451 e. The average Bonchev–Trinajstić information content (AvgIpc) is 3.14. The van der Waals surface area contributed by atoms with Crippen LogP contribution in [0, 0.1) is 11.8 Å². The topological polar surface area (TPSA) is 60.7 Å². The van der Waals surface area contributed by atoms with Gasteiger partial charge in [-0.25, -0.2) is 0 Å². The summed E-state index contributed by atoms with van der Waals surface area (Å²) in [5.41, 5.74) is 0.733. The number of methoxy groups -OCH3 is 1. The van der Waals surface area contributed by atoms with Crippen LogP contribution in [0.15, 0.2) is 34.7 Å². The van der Waals surface area contributed by atoms with Crippen molar-refractivity contribution in [2.24, 2.45) is 11.8 Å². The quantitative estimate of drug-likeness (QED) is 0.940. The van der Waals surface area contributed by atoms with Crippen LogP contribution in [0.2, 0.25) is 0 Å². The van der Waals surface area contributed by atoms with E-state index < -0.39 is 0 Å². The molecule has 5 heteroatoms. The molecule has 0 spiro atoms. The zero-order valence-electron chi connectivity index (χ0n) is 12.5. The SMILES string of the molecule is COC[C@H]1[C@@H](NC(=O)c2cc3ccccc3o2)[C@H]2CCO[C@H]21. The van der Waals surface area contributed by atoms with Gasteiger partial charge in [0.2, 0.25) is 0 Å². The normalized spacial score (nSPS) is 30.0. The van der Waals surface area contributed by atoms with Crippen molar-refractivity contribution in [3.8, 4) is 0 Å². The summed E-state index contributed by atoms with van der Waals surface area (Å²) in [5, 5.41) is 4.05. The summed E-state index contributed by atoms with van der Waals surface area (Å²) >= 11 is 0. The number of fused-ring (bicyclic) bond motifs is 2. The fourth-order valence-electron chi connectivity index (χ4n) is 3.75. The molecule has 2 aliphatic rings. The lowest BCUT2D eigenvalue weighted by atomic mass is 9.67. The van der Waals surface area contributed by atoms with Crippen molar-refractivity contribution in [3.63, 3.8) is 0 Å². The van der Waals surface area contributed by atoms with Gasteiger partial charge < -0.3 is 19.2 Å². The lowest BCUT2D eigenvalue weighted by Crippen LogP contribution is -2.62. The van der Waals surface area contributed by atoms with Crippen LogP contribution in [0.25, 0.3) is 11.0 Å². The Hall–Kier alpha value is -1.85. The van der Waals surface area contributed by atoms with Crippen molar-refractivity contribution in [2.45, 2.75) is 18.6 Å². The number of furan rings is 1. The molecule has 1 saturated heterocycles. The van der Waals surface area contributed by atoms with Crippen LogP contribution < -0.4 is 5.32 Å². The monoisotopic (exact) mass is 301 g/mol. The summed E-state index contributed by atoms with van der Waals surface area (Å²) in [6.45, 7) is 1.37. The van der Waals surface area contributed by atoms with Crippen LogP contribution in [0.5, 0.6) is 0 Å². The Labute approximate surface area is 128 Å². The predicted octanol–water partition coefficient (Wildman–Crippen LogP) is 2.21. The number of benzene rings is 1. The third-order valence-corrected chi connectivity index (χ3v) is 4.83. The molecule has 4 atom stereocenters. The number of para-hydroxylation sites is 1. The molecule has 1 saturated carbocycles. The molecule has 0 radical (unpaired) electrons. The van der Waals surface area contributed by atoms with Gasteiger partial charge in [-0.15, -0.1) is 0 Å². The summed E-state index contributed by atoms with van der Waals surface area (Å²) in [5.74, 6) is 0.826. The van der Waals surface area contributed by atoms with Crippen LogP contribution >= 0.6 is 0 Å². The second-order valence-electron chi connectivity index (χ2n) is 6.05. The lowest BCUT2D eigenvalue weighted by molar-refractivity contribution is -0.0811. The Morgan fingerprint density at radius 1 is 1.41 bits per heavy atom. The van der Waals surface area contributed by atoms with Crippen molar-refractivity contribution >= 4 is 16.9 Å². The van der Waals surface area contributed by atoms with Gasteiger partial charge in [0.1, 0.15) is 5.58 Å². The van der Waals surface area contributed by atoms with E-state index in [1.165, 1.54) is 0 Å². The van der Waals surface area contributed by atoms with E-state index in [-0.39, 0.29) is 24.0 Å². The van der Waals surface area contributed by atoms with E-state index in [9.17, 15) is 4.79 Å². The fourth-order valence-corrected chi connectivity index (χ4v) is 3.75. The maximum absolute atomic E-state index is 12.5. The molecule has 22 heavy (non-hydrogen) atoms. The molecule has 0 bridgehead atoms. The third kappa shape index (κ3) is 2.12. The second-order valence-corrected chi connectivity index (χ2v) is 6.05.